The number of rotatable bonds is 2. The lowest BCUT2D eigenvalue weighted by molar-refractivity contribution is 0.204. The van der Waals surface area contributed by atoms with Crippen molar-refractivity contribution in [2.75, 3.05) is 0 Å². The molecule has 0 amide bonds. The van der Waals surface area contributed by atoms with Crippen molar-refractivity contribution in [3.63, 3.8) is 0 Å². The molecule has 5 atom stereocenters. The van der Waals surface area contributed by atoms with Gasteiger partial charge in [-0.3, -0.25) is 0 Å². The van der Waals surface area contributed by atoms with Crippen LogP contribution in [0.1, 0.15) is 59.3 Å². The van der Waals surface area contributed by atoms with E-state index in [4.69, 9.17) is 0 Å². The van der Waals surface area contributed by atoms with Crippen molar-refractivity contribution < 1.29 is 0 Å². The summed E-state index contributed by atoms with van der Waals surface area (Å²) in [5.41, 5.74) is 0. The van der Waals surface area contributed by atoms with E-state index in [-0.39, 0.29) is 0 Å². The predicted octanol–water partition coefficient (Wildman–Crippen LogP) is 3.59. The van der Waals surface area contributed by atoms with E-state index in [0.717, 1.165) is 29.8 Å². The maximum Gasteiger partial charge on any atom is 0.00955 e. The molecule has 1 nitrogen and oxygen atoms in total. The first-order chi connectivity index (χ1) is 7.16. The number of nitrogens with one attached hydrogen (secondary N) is 1. The largest absolute Gasteiger partial charge is 0.311 e. The maximum absolute atomic E-state index is 3.94. The van der Waals surface area contributed by atoms with E-state index in [9.17, 15) is 0 Å². The fourth-order valence-electron chi connectivity index (χ4n) is 3.58. The van der Waals surface area contributed by atoms with Gasteiger partial charge in [0.1, 0.15) is 0 Å². The summed E-state index contributed by atoms with van der Waals surface area (Å²) < 4.78 is 0. The SMILES string of the molecule is CC1CCC(NC2CCCC2C)C(C)C1. The summed E-state index contributed by atoms with van der Waals surface area (Å²) in [6.45, 7) is 7.26. The van der Waals surface area contributed by atoms with Gasteiger partial charge in [0, 0.05) is 12.1 Å². The molecule has 1 heteroatoms. The van der Waals surface area contributed by atoms with Crippen LogP contribution < -0.4 is 5.32 Å². The maximum atomic E-state index is 3.94. The molecule has 88 valence electrons. The van der Waals surface area contributed by atoms with Crippen molar-refractivity contribution in [2.24, 2.45) is 17.8 Å². The Hall–Kier alpha value is -0.0400. The normalized spacial score (nSPS) is 47.0. The van der Waals surface area contributed by atoms with E-state index in [0.29, 0.717) is 0 Å². The van der Waals surface area contributed by atoms with Gasteiger partial charge in [-0.05, 0) is 49.9 Å². The second kappa shape index (κ2) is 4.86. The van der Waals surface area contributed by atoms with Crippen LogP contribution in [-0.4, -0.2) is 12.1 Å². The third kappa shape index (κ3) is 2.75. The monoisotopic (exact) mass is 209 g/mol. The quantitative estimate of drug-likeness (QED) is 0.733. The Balaban J connectivity index is 1.83. The van der Waals surface area contributed by atoms with Crippen LogP contribution >= 0.6 is 0 Å². The lowest BCUT2D eigenvalue weighted by Gasteiger charge is -2.36. The summed E-state index contributed by atoms with van der Waals surface area (Å²) in [5.74, 6) is 2.76. The highest BCUT2D eigenvalue weighted by Crippen LogP contribution is 2.31. The van der Waals surface area contributed by atoms with Gasteiger partial charge in [-0.25, -0.2) is 0 Å². The average Bonchev–Trinajstić information content (AvgIpc) is 2.57. The molecule has 0 aromatic heterocycles. The van der Waals surface area contributed by atoms with Gasteiger partial charge >= 0.3 is 0 Å². The Morgan fingerprint density at radius 3 is 2.13 bits per heavy atom. The standard InChI is InChI=1S/C14H27N/c1-10-7-8-14(12(3)9-10)15-13-6-4-5-11(13)2/h10-15H,4-9H2,1-3H3. The highest BCUT2D eigenvalue weighted by molar-refractivity contribution is 4.88. The molecule has 5 unspecified atom stereocenters. The Labute approximate surface area is 95.0 Å². The zero-order valence-corrected chi connectivity index (χ0v) is 10.6. The smallest absolute Gasteiger partial charge is 0.00955 e. The van der Waals surface area contributed by atoms with Gasteiger partial charge in [0.15, 0.2) is 0 Å². The minimum absolute atomic E-state index is 0.812. The fraction of sp³-hybridized carbons (Fsp3) is 1.00. The first kappa shape index (κ1) is 11.4. The molecule has 0 aromatic rings. The molecule has 1 N–H and O–H groups in total. The van der Waals surface area contributed by atoms with E-state index in [1.54, 1.807) is 0 Å². The molecule has 2 rings (SSSR count). The van der Waals surface area contributed by atoms with E-state index in [2.05, 4.69) is 26.1 Å². The highest BCUT2D eigenvalue weighted by atomic mass is 15.0. The van der Waals surface area contributed by atoms with Gasteiger partial charge in [0.25, 0.3) is 0 Å². The Bertz CT molecular complexity index is 202. The van der Waals surface area contributed by atoms with Crippen LogP contribution in [0.3, 0.4) is 0 Å². The van der Waals surface area contributed by atoms with Crippen LogP contribution in [0.4, 0.5) is 0 Å². The van der Waals surface area contributed by atoms with Crippen molar-refractivity contribution in [2.45, 2.75) is 71.4 Å². The minimum atomic E-state index is 0.812. The van der Waals surface area contributed by atoms with E-state index >= 15 is 0 Å². The molecule has 2 fully saturated rings. The zero-order chi connectivity index (χ0) is 10.8. The van der Waals surface area contributed by atoms with Crippen LogP contribution in [0, 0.1) is 17.8 Å². The van der Waals surface area contributed by atoms with Gasteiger partial charge in [0.05, 0.1) is 0 Å². The van der Waals surface area contributed by atoms with Crippen LogP contribution in [0.15, 0.2) is 0 Å². The zero-order valence-electron chi connectivity index (χ0n) is 10.6. The van der Waals surface area contributed by atoms with Crippen molar-refractivity contribution in [1.82, 2.24) is 5.32 Å². The van der Waals surface area contributed by atoms with Gasteiger partial charge in [-0.2, -0.15) is 0 Å². The molecule has 2 aliphatic carbocycles. The van der Waals surface area contributed by atoms with Crippen molar-refractivity contribution in [3.05, 3.63) is 0 Å². The van der Waals surface area contributed by atoms with Gasteiger partial charge in [-0.15, -0.1) is 0 Å². The second-order valence-electron chi connectivity index (χ2n) is 6.18. The lowest BCUT2D eigenvalue weighted by Crippen LogP contribution is -2.45. The summed E-state index contributed by atoms with van der Waals surface area (Å²) in [5, 5.41) is 3.94. The molecule has 0 saturated heterocycles. The summed E-state index contributed by atoms with van der Waals surface area (Å²) in [6.07, 6.45) is 8.57. The minimum Gasteiger partial charge on any atom is -0.311 e. The third-order valence-electron chi connectivity index (χ3n) is 4.72. The number of hydrogen-bond acceptors (Lipinski definition) is 1. The first-order valence-corrected chi connectivity index (χ1v) is 6.93. The summed E-state index contributed by atoms with van der Waals surface area (Å²) >= 11 is 0. The van der Waals surface area contributed by atoms with Crippen LogP contribution in [-0.2, 0) is 0 Å². The molecule has 15 heavy (non-hydrogen) atoms. The van der Waals surface area contributed by atoms with Crippen molar-refractivity contribution in [1.29, 1.82) is 0 Å². The predicted molar refractivity (Wildman–Crippen MR) is 65.9 cm³/mol. The first-order valence-electron chi connectivity index (χ1n) is 6.93. The molecular formula is C14H27N. The highest BCUT2D eigenvalue weighted by Gasteiger charge is 2.30. The van der Waals surface area contributed by atoms with Crippen molar-refractivity contribution in [3.8, 4) is 0 Å². The van der Waals surface area contributed by atoms with Crippen LogP contribution in [0.25, 0.3) is 0 Å². The Morgan fingerprint density at radius 1 is 0.800 bits per heavy atom. The third-order valence-corrected chi connectivity index (χ3v) is 4.72. The molecular weight excluding hydrogens is 182 g/mol. The average molecular weight is 209 g/mol. The van der Waals surface area contributed by atoms with E-state index in [1.165, 1.54) is 38.5 Å². The second-order valence-corrected chi connectivity index (χ2v) is 6.18. The van der Waals surface area contributed by atoms with Crippen LogP contribution in [0.5, 0.6) is 0 Å². The molecule has 2 saturated carbocycles. The fourth-order valence-corrected chi connectivity index (χ4v) is 3.58. The molecule has 0 spiro atoms. The van der Waals surface area contributed by atoms with Gasteiger partial charge in [0.2, 0.25) is 0 Å². The van der Waals surface area contributed by atoms with Gasteiger partial charge < -0.3 is 5.32 Å². The molecule has 0 aliphatic heterocycles. The Morgan fingerprint density at radius 2 is 1.53 bits per heavy atom. The lowest BCUT2D eigenvalue weighted by atomic mass is 9.79. The topological polar surface area (TPSA) is 12.0 Å². The molecule has 0 heterocycles. The van der Waals surface area contributed by atoms with Crippen LogP contribution in [0.2, 0.25) is 0 Å². The molecule has 0 radical (unpaired) electrons. The van der Waals surface area contributed by atoms with E-state index in [1.807, 2.05) is 0 Å². The van der Waals surface area contributed by atoms with Crippen molar-refractivity contribution >= 4 is 0 Å². The molecule has 2 aliphatic rings. The number of hydrogen-bond donors (Lipinski definition) is 1. The molecule has 0 aromatic carbocycles. The summed E-state index contributed by atoms with van der Waals surface area (Å²) in [6, 6.07) is 1.64. The molecule has 0 bridgehead atoms. The van der Waals surface area contributed by atoms with E-state index < -0.39 is 0 Å². The Kier molecular flexibility index (Phi) is 3.71. The van der Waals surface area contributed by atoms with Gasteiger partial charge in [-0.1, -0.05) is 27.2 Å². The summed E-state index contributed by atoms with van der Waals surface area (Å²) in [7, 11) is 0. The summed E-state index contributed by atoms with van der Waals surface area (Å²) in [4.78, 5) is 0.